The van der Waals surface area contributed by atoms with Gasteiger partial charge in [-0.25, -0.2) is 13.8 Å². The van der Waals surface area contributed by atoms with Crippen LogP contribution in [0.25, 0.3) is 16.9 Å². The quantitative estimate of drug-likeness (QED) is 0.770. The van der Waals surface area contributed by atoms with E-state index >= 15 is 0 Å². The minimum absolute atomic E-state index is 0.0307. The standard InChI is InChI=1S/C16H15F2N3/c1-9-6-10(2)21-13(7-9)20-14(16(21)19)11-4-3-5-12(8-11)15(17)18/h3-8,15H,19H2,1-2H3. The highest BCUT2D eigenvalue weighted by Gasteiger charge is 2.15. The number of hydrogen-bond acceptors (Lipinski definition) is 2. The molecule has 2 N–H and O–H groups in total. The molecule has 0 amide bonds. The Bertz CT molecular complexity index is 822. The molecule has 21 heavy (non-hydrogen) atoms. The van der Waals surface area contributed by atoms with Crippen molar-refractivity contribution in [1.82, 2.24) is 9.38 Å². The fourth-order valence-corrected chi connectivity index (χ4v) is 2.59. The largest absolute Gasteiger partial charge is 0.383 e. The average molecular weight is 287 g/mol. The highest BCUT2D eigenvalue weighted by Crippen LogP contribution is 2.30. The van der Waals surface area contributed by atoms with Crippen molar-refractivity contribution in [3.05, 3.63) is 53.2 Å². The molecule has 0 aliphatic carbocycles. The Balaban J connectivity index is 2.24. The molecule has 0 fully saturated rings. The lowest BCUT2D eigenvalue weighted by atomic mass is 10.1. The number of imidazole rings is 1. The van der Waals surface area contributed by atoms with E-state index in [1.165, 1.54) is 12.1 Å². The van der Waals surface area contributed by atoms with Gasteiger partial charge in [-0.2, -0.15) is 0 Å². The first-order valence-corrected chi connectivity index (χ1v) is 6.61. The molecule has 0 aliphatic rings. The lowest BCUT2D eigenvalue weighted by Crippen LogP contribution is -1.98. The predicted molar refractivity (Wildman–Crippen MR) is 79.5 cm³/mol. The van der Waals surface area contributed by atoms with Gasteiger partial charge in [-0.3, -0.25) is 4.40 Å². The maximum absolute atomic E-state index is 12.8. The van der Waals surface area contributed by atoms with Crippen LogP contribution in [0, 0.1) is 13.8 Å². The molecule has 0 aliphatic heterocycles. The molecule has 1 aromatic carbocycles. The third-order valence-corrected chi connectivity index (χ3v) is 3.50. The van der Waals surface area contributed by atoms with Crippen molar-refractivity contribution in [2.24, 2.45) is 0 Å². The number of pyridine rings is 1. The fraction of sp³-hybridized carbons (Fsp3) is 0.188. The van der Waals surface area contributed by atoms with Crippen molar-refractivity contribution in [3.8, 4) is 11.3 Å². The zero-order valence-corrected chi connectivity index (χ0v) is 11.8. The average Bonchev–Trinajstić information content (AvgIpc) is 2.76. The lowest BCUT2D eigenvalue weighted by Gasteiger charge is -2.05. The minimum Gasteiger partial charge on any atom is -0.383 e. The molecule has 0 atom stereocenters. The van der Waals surface area contributed by atoms with E-state index in [0.717, 1.165) is 16.9 Å². The molecule has 3 aromatic rings. The van der Waals surface area contributed by atoms with Crippen LogP contribution in [0.15, 0.2) is 36.4 Å². The van der Waals surface area contributed by atoms with Crippen LogP contribution in [-0.2, 0) is 0 Å². The topological polar surface area (TPSA) is 43.3 Å². The monoisotopic (exact) mass is 287 g/mol. The Labute approximate surface area is 121 Å². The first-order valence-electron chi connectivity index (χ1n) is 6.61. The molecule has 0 bridgehead atoms. The van der Waals surface area contributed by atoms with E-state index in [0.29, 0.717) is 17.1 Å². The zero-order chi connectivity index (χ0) is 15.1. The van der Waals surface area contributed by atoms with E-state index in [1.54, 1.807) is 12.1 Å². The van der Waals surface area contributed by atoms with Gasteiger partial charge in [0.2, 0.25) is 0 Å². The Hall–Kier alpha value is -2.43. The number of rotatable bonds is 2. The number of fused-ring (bicyclic) bond motifs is 1. The number of nitrogen functional groups attached to an aromatic ring is 1. The van der Waals surface area contributed by atoms with Crippen LogP contribution in [-0.4, -0.2) is 9.38 Å². The molecular formula is C16H15F2N3. The van der Waals surface area contributed by atoms with Gasteiger partial charge >= 0.3 is 0 Å². The summed E-state index contributed by atoms with van der Waals surface area (Å²) in [5.74, 6) is 0.467. The van der Waals surface area contributed by atoms with Crippen LogP contribution in [0.4, 0.5) is 14.6 Å². The summed E-state index contributed by atoms with van der Waals surface area (Å²) in [6, 6.07) is 10.1. The number of nitrogens with zero attached hydrogens (tertiary/aromatic N) is 2. The fourth-order valence-electron chi connectivity index (χ4n) is 2.59. The molecule has 5 heteroatoms. The summed E-state index contributed by atoms with van der Waals surface area (Å²) in [6.07, 6.45) is -2.51. The van der Waals surface area contributed by atoms with Crippen molar-refractivity contribution in [1.29, 1.82) is 0 Å². The molecule has 0 spiro atoms. The van der Waals surface area contributed by atoms with Crippen molar-refractivity contribution >= 4 is 11.5 Å². The molecule has 3 nitrogen and oxygen atoms in total. The number of alkyl halides is 2. The molecule has 2 heterocycles. The first-order chi connectivity index (χ1) is 9.97. The minimum atomic E-state index is -2.51. The van der Waals surface area contributed by atoms with E-state index in [-0.39, 0.29) is 5.56 Å². The van der Waals surface area contributed by atoms with Crippen LogP contribution in [0.2, 0.25) is 0 Å². The second-order valence-corrected chi connectivity index (χ2v) is 5.14. The van der Waals surface area contributed by atoms with Crippen LogP contribution in [0.1, 0.15) is 23.2 Å². The predicted octanol–water partition coefficient (Wildman–Crippen LogP) is 4.14. The number of aryl methyl sites for hydroxylation is 2. The molecule has 0 saturated carbocycles. The zero-order valence-electron chi connectivity index (χ0n) is 11.8. The number of halogens is 2. The van der Waals surface area contributed by atoms with E-state index < -0.39 is 6.43 Å². The summed E-state index contributed by atoms with van der Waals surface area (Å²) in [6.45, 7) is 3.92. The second-order valence-electron chi connectivity index (χ2n) is 5.14. The SMILES string of the molecule is Cc1cc(C)n2c(N)c(-c3cccc(C(F)F)c3)nc2c1. The van der Waals surface area contributed by atoms with Crippen molar-refractivity contribution in [2.45, 2.75) is 20.3 Å². The molecular weight excluding hydrogens is 272 g/mol. The Morgan fingerprint density at radius 1 is 1.14 bits per heavy atom. The van der Waals surface area contributed by atoms with Crippen LogP contribution >= 0.6 is 0 Å². The molecule has 0 radical (unpaired) electrons. The van der Waals surface area contributed by atoms with E-state index in [9.17, 15) is 8.78 Å². The molecule has 0 unspecified atom stereocenters. The van der Waals surface area contributed by atoms with Gasteiger partial charge in [0.15, 0.2) is 0 Å². The first kappa shape index (κ1) is 13.5. The van der Waals surface area contributed by atoms with Crippen LogP contribution in [0.3, 0.4) is 0 Å². The highest BCUT2D eigenvalue weighted by atomic mass is 19.3. The van der Waals surface area contributed by atoms with Gasteiger partial charge in [0.25, 0.3) is 6.43 Å². The lowest BCUT2D eigenvalue weighted by molar-refractivity contribution is 0.151. The Morgan fingerprint density at radius 3 is 2.62 bits per heavy atom. The van der Waals surface area contributed by atoms with Gasteiger partial charge in [-0.05, 0) is 37.6 Å². The summed E-state index contributed by atoms with van der Waals surface area (Å²) in [4.78, 5) is 4.50. The number of anilines is 1. The molecule has 108 valence electrons. The maximum atomic E-state index is 12.8. The molecule has 3 rings (SSSR count). The second kappa shape index (κ2) is 4.84. The van der Waals surface area contributed by atoms with Gasteiger partial charge in [0, 0.05) is 16.8 Å². The third-order valence-electron chi connectivity index (χ3n) is 3.50. The summed E-state index contributed by atoms with van der Waals surface area (Å²) in [5.41, 5.74) is 10.0. The summed E-state index contributed by atoms with van der Waals surface area (Å²) < 4.78 is 27.5. The smallest absolute Gasteiger partial charge is 0.263 e. The van der Waals surface area contributed by atoms with Gasteiger partial charge in [0.05, 0.1) is 0 Å². The number of nitrogens with two attached hydrogens (primary N) is 1. The normalized spacial score (nSPS) is 11.5. The molecule has 0 saturated heterocycles. The third kappa shape index (κ3) is 2.24. The Morgan fingerprint density at radius 2 is 1.90 bits per heavy atom. The summed E-state index contributed by atoms with van der Waals surface area (Å²) in [7, 11) is 0. The number of hydrogen-bond donors (Lipinski definition) is 1. The summed E-state index contributed by atoms with van der Waals surface area (Å²) in [5, 5.41) is 0. The molecule has 2 aromatic heterocycles. The highest BCUT2D eigenvalue weighted by molar-refractivity contribution is 5.75. The summed E-state index contributed by atoms with van der Waals surface area (Å²) >= 11 is 0. The van der Waals surface area contributed by atoms with E-state index in [4.69, 9.17) is 5.73 Å². The van der Waals surface area contributed by atoms with E-state index in [2.05, 4.69) is 4.98 Å². The Kier molecular flexibility index (Phi) is 3.12. The van der Waals surface area contributed by atoms with Gasteiger partial charge in [-0.15, -0.1) is 0 Å². The van der Waals surface area contributed by atoms with Gasteiger partial charge in [-0.1, -0.05) is 18.2 Å². The van der Waals surface area contributed by atoms with Gasteiger partial charge in [0.1, 0.15) is 17.2 Å². The van der Waals surface area contributed by atoms with Crippen molar-refractivity contribution < 1.29 is 8.78 Å². The van der Waals surface area contributed by atoms with Crippen molar-refractivity contribution in [3.63, 3.8) is 0 Å². The number of benzene rings is 1. The van der Waals surface area contributed by atoms with Gasteiger partial charge < -0.3 is 5.73 Å². The van der Waals surface area contributed by atoms with E-state index in [1.807, 2.05) is 30.4 Å². The number of aromatic nitrogens is 2. The maximum Gasteiger partial charge on any atom is 0.263 e. The van der Waals surface area contributed by atoms with Crippen molar-refractivity contribution in [2.75, 3.05) is 5.73 Å². The van der Waals surface area contributed by atoms with Crippen LogP contribution < -0.4 is 5.73 Å². The van der Waals surface area contributed by atoms with Crippen LogP contribution in [0.5, 0.6) is 0 Å².